The Morgan fingerprint density at radius 2 is 2.00 bits per heavy atom. The highest BCUT2D eigenvalue weighted by Crippen LogP contribution is 2.21. The second-order valence-corrected chi connectivity index (χ2v) is 5.54. The summed E-state index contributed by atoms with van der Waals surface area (Å²) in [6.07, 6.45) is 5.43. The van der Waals surface area contributed by atoms with Crippen LogP contribution in [0.4, 0.5) is 5.82 Å². The smallest absolute Gasteiger partial charge is 0.163 e. The molecular weight excluding hydrogens is 290 g/mol. The Kier molecular flexibility index (Phi) is 4.83. The number of aryl methyl sites for hydroxylation is 1. The van der Waals surface area contributed by atoms with E-state index < -0.39 is 0 Å². The predicted octanol–water partition coefficient (Wildman–Crippen LogP) is 1.89. The van der Waals surface area contributed by atoms with Gasteiger partial charge in [-0.3, -0.25) is 0 Å². The Morgan fingerprint density at radius 1 is 1.17 bits per heavy atom. The Morgan fingerprint density at radius 3 is 2.78 bits per heavy atom. The second-order valence-electron chi connectivity index (χ2n) is 5.54. The number of aromatic nitrogens is 4. The SMILES string of the molecule is CN(CCCc1ccccc1)c1ncnc2c1cnn2CCO. The average molecular weight is 311 g/mol. The summed E-state index contributed by atoms with van der Waals surface area (Å²) in [6.45, 7) is 1.40. The van der Waals surface area contributed by atoms with E-state index in [4.69, 9.17) is 5.11 Å². The van der Waals surface area contributed by atoms with Gasteiger partial charge >= 0.3 is 0 Å². The van der Waals surface area contributed by atoms with Gasteiger partial charge in [-0.1, -0.05) is 30.3 Å². The minimum absolute atomic E-state index is 0.0447. The van der Waals surface area contributed by atoms with Gasteiger partial charge in [-0.25, -0.2) is 14.6 Å². The number of hydrogen-bond acceptors (Lipinski definition) is 5. The van der Waals surface area contributed by atoms with E-state index in [0.29, 0.717) is 6.54 Å². The number of hydrogen-bond donors (Lipinski definition) is 1. The van der Waals surface area contributed by atoms with Gasteiger partial charge in [-0.2, -0.15) is 5.10 Å². The van der Waals surface area contributed by atoms with E-state index in [-0.39, 0.29) is 6.61 Å². The van der Waals surface area contributed by atoms with Crippen molar-refractivity contribution in [3.8, 4) is 0 Å². The Bertz CT molecular complexity index is 756. The molecule has 3 aromatic rings. The van der Waals surface area contributed by atoms with Gasteiger partial charge < -0.3 is 10.0 Å². The van der Waals surface area contributed by atoms with Crippen LogP contribution in [0.2, 0.25) is 0 Å². The molecule has 2 heterocycles. The molecule has 0 amide bonds. The fourth-order valence-electron chi connectivity index (χ4n) is 2.71. The molecule has 0 unspecified atom stereocenters. The van der Waals surface area contributed by atoms with Crippen LogP contribution in [-0.4, -0.2) is 45.1 Å². The van der Waals surface area contributed by atoms with Gasteiger partial charge in [-0.15, -0.1) is 0 Å². The van der Waals surface area contributed by atoms with Crippen molar-refractivity contribution in [2.45, 2.75) is 19.4 Å². The lowest BCUT2D eigenvalue weighted by Crippen LogP contribution is -2.20. The molecule has 0 saturated heterocycles. The van der Waals surface area contributed by atoms with Crippen molar-refractivity contribution in [2.24, 2.45) is 0 Å². The van der Waals surface area contributed by atoms with Gasteiger partial charge in [0.15, 0.2) is 5.65 Å². The molecule has 0 aliphatic heterocycles. The molecule has 2 aromatic heterocycles. The second kappa shape index (κ2) is 7.19. The van der Waals surface area contributed by atoms with Crippen molar-refractivity contribution < 1.29 is 5.11 Å². The Labute approximate surface area is 135 Å². The van der Waals surface area contributed by atoms with Crippen LogP contribution in [0.5, 0.6) is 0 Å². The molecule has 1 aromatic carbocycles. The first-order valence-electron chi connectivity index (χ1n) is 7.82. The van der Waals surface area contributed by atoms with Gasteiger partial charge in [0, 0.05) is 13.6 Å². The largest absolute Gasteiger partial charge is 0.394 e. The van der Waals surface area contributed by atoms with E-state index >= 15 is 0 Å². The van der Waals surface area contributed by atoms with Crippen LogP contribution in [0.3, 0.4) is 0 Å². The summed E-state index contributed by atoms with van der Waals surface area (Å²) in [7, 11) is 2.04. The first-order chi connectivity index (χ1) is 11.3. The summed E-state index contributed by atoms with van der Waals surface area (Å²) in [5.74, 6) is 0.882. The van der Waals surface area contributed by atoms with Crippen molar-refractivity contribution in [1.29, 1.82) is 0 Å². The zero-order valence-corrected chi connectivity index (χ0v) is 13.3. The van der Waals surface area contributed by atoms with Crippen LogP contribution >= 0.6 is 0 Å². The lowest BCUT2D eigenvalue weighted by atomic mass is 10.1. The fraction of sp³-hybridized carbons (Fsp3) is 0.353. The zero-order valence-electron chi connectivity index (χ0n) is 13.3. The molecule has 6 heteroatoms. The van der Waals surface area contributed by atoms with E-state index in [0.717, 1.165) is 36.2 Å². The van der Waals surface area contributed by atoms with Gasteiger partial charge in [0.1, 0.15) is 12.1 Å². The van der Waals surface area contributed by atoms with E-state index in [9.17, 15) is 0 Å². The summed E-state index contributed by atoms with van der Waals surface area (Å²) in [4.78, 5) is 10.8. The zero-order chi connectivity index (χ0) is 16.1. The first-order valence-corrected chi connectivity index (χ1v) is 7.82. The average Bonchev–Trinajstić information content (AvgIpc) is 2.99. The maximum Gasteiger partial charge on any atom is 0.163 e. The van der Waals surface area contributed by atoms with Crippen LogP contribution in [0.15, 0.2) is 42.9 Å². The van der Waals surface area contributed by atoms with Gasteiger partial charge in [0.25, 0.3) is 0 Å². The lowest BCUT2D eigenvalue weighted by Gasteiger charge is -2.18. The minimum atomic E-state index is 0.0447. The molecular formula is C17H21N5O. The minimum Gasteiger partial charge on any atom is -0.394 e. The molecule has 0 radical (unpaired) electrons. The summed E-state index contributed by atoms with van der Waals surface area (Å²) in [6, 6.07) is 10.5. The van der Waals surface area contributed by atoms with Gasteiger partial charge in [-0.05, 0) is 18.4 Å². The molecule has 0 atom stereocenters. The number of anilines is 1. The number of aliphatic hydroxyl groups is 1. The number of fused-ring (bicyclic) bond motifs is 1. The third-order valence-electron chi connectivity index (χ3n) is 3.89. The quantitative estimate of drug-likeness (QED) is 0.722. The summed E-state index contributed by atoms with van der Waals surface area (Å²) >= 11 is 0. The number of nitrogens with zero attached hydrogens (tertiary/aromatic N) is 5. The molecule has 0 saturated carbocycles. The standard InChI is InChI=1S/C17H21N5O/c1-21(9-5-8-14-6-3-2-4-7-14)16-15-12-20-22(10-11-23)17(15)19-13-18-16/h2-4,6-7,12-13,23H,5,8-11H2,1H3. The van der Waals surface area contributed by atoms with Crippen molar-refractivity contribution in [3.63, 3.8) is 0 Å². The Balaban J connectivity index is 1.69. The third kappa shape index (κ3) is 3.48. The molecule has 0 aliphatic carbocycles. The number of benzene rings is 1. The molecule has 6 nitrogen and oxygen atoms in total. The predicted molar refractivity (Wildman–Crippen MR) is 90.4 cm³/mol. The molecule has 3 rings (SSSR count). The van der Waals surface area contributed by atoms with Gasteiger partial charge in [0.05, 0.1) is 24.7 Å². The summed E-state index contributed by atoms with van der Waals surface area (Å²) < 4.78 is 1.71. The van der Waals surface area contributed by atoms with Gasteiger partial charge in [0.2, 0.25) is 0 Å². The van der Waals surface area contributed by atoms with Crippen molar-refractivity contribution in [3.05, 3.63) is 48.4 Å². The fourth-order valence-corrected chi connectivity index (χ4v) is 2.71. The maximum atomic E-state index is 9.09. The highest BCUT2D eigenvalue weighted by Gasteiger charge is 2.12. The normalized spacial score (nSPS) is 11.0. The third-order valence-corrected chi connectivity index (χ3v) is 3.89. The molecule has 0 spiro atoms. The highest BCUT2D eigenvalue weighted by atomic mass is 16.3. The molecule has 1 N–H and O–H groups in total. The molecule has 0 aliphatic rings. The van der Waals surface area contributed by atoms with Crippen LogP contribution in [0.1, 0.15) is 12.0 Å². The molecule has 0 bridgehead atoms. The van der Waals surface area contributed by atoms with Crippen molar-refractivity contribution in [2.75, 3.05) is 25.1 Å². The Hall–Kier alpha value is -2.47. The number of aliphatic hydroxyl groups excluding tert-OH is 1. The van der Waals surface area contributed by atoms with E-state index in [2.05, 4.69) is 44.2 Å². The number of rotatable bonds is 7. The molecule has 120 valence electrons. The van der Waals surface area contributed by atoms with Crippen LogP contribution in [0.25, 0.3) is 11.0 Å². The van der Waals surface area contributed by atoms with Crippen molar-refractivity contribution >= 4 is 16.9 Å². The van der Waals surface area contributed by atoms with E-state index in [1.807, 2.05) is 13.1 Å². The topological polar surface area (TPSA) is 67.1 Å². The van der Waals surface area contributed by atoms with E-state index in [1.54, 1.807) is 17.2 Å². The van der Waals surface area contributed by atoms with Crippen molar-refractivity contribution in [1.82, 2.24) is 19.7 Å². The lowest BCUT2D eigenvalue weighted by molar-refractivity contribution is 0.271. The molecule has 0 fully saturated rings. The maximum absolute atomic E-state index is 9.09. The van der Waals surface area contributed by atoms with E-state index in [1.165, 1.54) is 5.56 Å². The summed E-state index contributed by atoms with van der Waals surface area (Å²) in [5, 5.41) is 14.3. The monoisotopic (exact) mass is 311 g/mol. The van der Waals surface area contributed by atoms with Crippen LogP contribution in [-0.2, 0) is 13.0 Å². The summed E-state index contributed by atoms with van der Waals surface area (Å²) in [5.41, 5.74) is 2.11. The van der Waals surface area contributed by atoms with Crippen LogP contribution < -0.4 is 4.90 Å². The molecule has 23 heavy (non-hydrogen) atoms. The van der Waals surface area contributed by atoms with Crippen LogP contribution in [0, 0.1) is 0 Å². The highest BCUT2D eigenvalue weighted by molar-refractivity contribution is 5.86. The first kappa shape index (κ1) is 15.4.